The van der Waals surface area contributed by atoms with Crippen LogP contribution in [0.5, 0.6) is 0 Å². The molecule has 3 rings (SSSR count). The number of ether oxygens (including phenoxy) is 2. The lowest BCUT2D eigenvalue weighted by Gasteiger charge is -2.44. The zero-order chi connectivity index (χ0) is 16.3. The average Bonchev–Trinajstić information content (AvgIpc) is 2.78. The molecule has 2 aliphatic rings. The summed E-state index contributed by atoms with van der Waals surface area (Å²) >= 11 is 0. The Morgan fingerprint density at radius 2 is 2.17 bits per heavy atom. The average molecular weight is 319 g/mol. The van der Waals surface area contributed by atoms with E-state index in [1.54, 1.807) is 18.5 Å². The van der Waals surface area contributed by atoms with Crippen LogP contribution in [0, 0.1) is 0 Å². The normalized spacial score (nSPS) is 26.5. The van der Waals surface area contributed by atoms with Gasteiger partial charge in [-0.15, -0.1) is 0 Å². The van der Waals surface area contributed by atoms with E-state index >= 15 is 0 Å². The minimum absolute atomic E-state index is 0.0149. The minimum atomic E-state index is -0.434. The van der Waals surface area contributed by atoms with Crippen molar-refractivity contribution in [2.45, 2.75) is 25.5 Å². The number of rotatable bonds is 2. The molecule has 1 atom stereocenters. The zero-order valence-corrected chi connectivity index (χ0v) is 13.9. The van der Waals surface area contributed by atoms with Gasteiger partial charge < -0.3 is 14.4 Å². The summed E-state index contributed by atoms with van der Waals surface area (Å²) in [4.78, 5) is 21.0. The van der Waals surface area contributed by atoms with Crippen LogP contribution in [0.15, 0.2) is 24.5 Å². The third-order valence-electron chi connectivity index (χ3n) is 4.55. The maximum Gasteiger partial charge on any atom is 0.255 e. The Morgan fingerprint density at radius 1 is 1.30 bits per heavy atom. The number of aromatic nitrogens is 1. The summed E-state index contributed by atoms with van der Waals surface area (Å²) in [6.45, 7) is 9.01. The number of morpholine rings is 1. The molecule has 1 spiro atoms. The van der Waals surface area contributed by atoms with E-state index in [0.29, 0.717) is 44.5 Å². The first kappa shape index (κ1) is 16.4. The first-order chi connectivity index (χ1) is 11.1. The van der Waals surface area contributed by atoms with Crippen molar-refractivity contribution < 1.29 is 14.3 Å². The largest absolute Gasteiger partial charge is 0.377 e. The van der Waals surface area contributed by atoms with Crippen molar-refractivity contribution in [3.05, 3.63) is 30.1 Å². The number of hydrogen-bond acceptors (Lipinski definition) is 5. The van der Waals surface area contributed by atoms with E-state index < -0.39 is 5.60 Å². The van der Waals surface area contributed by atoms with E-state index in [-0.39, 0.29) is 5.91 Å². The standard InChI is InChI=1S/C17H25N3O3/c1-14(2)19-6-8-22-13-17(11-19)12-20(7-9-23-17)16(21)15-4-3-5-18-10-15/h3-5,10,14H,6-9,11-13H2,1-2H3/t17-/m0/s1. The second-order valence-corrected chi connectivity index (χ2v) is 6.62. The molecule has 6 nitrogen and oxygen atoms in total. The third-order valence-corrected chi connectivity index (χ3v) is 4.55. The predicted octanol–water partition coefficient (Wildman–Crippen LogP) is 1.03. The van der Waals surface area contributed by atoms with E-state index in [2.05, 4.69) is 23.7 Å². The highest BCUT2D eigenvalue weighted by Gasteiger charge is 2.42. The Hall–Kier alpha value is -1.50. The SMILES string of the molecule is CC(C)N1CCOC[C@@]2(CN(C(=O)c3cccnc3)CCO2)C1. The molecule has 23 heavy (non-hydrogen) atoms. The van der Waals surface area contributed by atoms with Gasteiger partial charge >= 0.3 is 0 Å². The molecule has 0 saturated carbocycles. The zero-order valence-electron chi connectivity index (χ0n) is 13.9. The van der Waals surface area contributed by atoms with Crippen LogP contribution in [0.3, 0.4) is 0 Å². The summed E-state index contributed by atoms with van der Waals surface area (Å²) in [6, 6.07) is 4.03. The highest BCUT2D eigenvalue weighted by molar-refractivity contribution is 5.94. The molecule has 0 unspecified atom stereocenters. The summed E-state index contributed by atoms with van der Waals surface area (Å²) in [5.74, 6) is 0.0149. The molecule has 0 aliphatic carbocycles. The molecular formula is C17H25N3O3. The van der Waals surface area contributed by atoms with Gasteiger partial charge in [-0.05, 0) is 26.0 Å². The fourth-order valence-electron chi connectivity index (χ4n) is 3.25. The molecule has 2 fully saturated rings. The Bertz CT molecular complexity index is 537. The number of hydrogen-bond donors (Lipinski definition) is 0. The Labute approximate surface area is 137 Å². The summed E-state index contributed by atoms with van der Waals surface area (Å²) < 4.78 is 11.9. The molecule has 0 aromatic carbocycles. The lowest BCUT2D eigenvalue weighted by molar-refractivity contribution is -0.134. The second-order valence-electron chi connectivity index (χ2n) is 6.62. The van der Waals surface area contributed by atoms with Crippen LogP contribution < -0.4 is 0 Å². The molecule has 1 aromatic heterocycles. The van der Waals surface area contributed by atoms with Crippen molar-refractivity contribution in [1.29, 1.82) is 0 Å². The van der Waals surface area contributed by atoms with Crippen molar-refractivity contribution in [1.82, 2.24) is 14.8 Å². The predicted molar refractivity (Wildman–Crippen MR) is 86.4 cm³/mol. The van der Waals surface area contributed by atoms with Crippen molar-refractivity contribution in [2.24, 2.45) is 0 Å². The molecule has 2 saturated heterocycles. The quantitative estimate of drug-likeness (QED) is 0.815. The molecule has 3 heterocycles. The smallest absolute Gasteiger partial charge is 0.255 e. The van der Waals surface area contributed by atoms with Crippen LogP contribution in [-0.2, 0) is 9.47 Å². The summed E-state index contributed by atoms with van der Waals surface area (Å²) in [6.07, 6.45) is 3.30. The maximum atomic E-state index is 12.7. The van der Waals surface area contributed by atoms with Gasteiger partial charge in [0, 0.05) is 38.1 Å². The fraction of sp³-hybridized carbons (Fsp3) is 0.647. The number of nitrogens with zero attached hydrogens (tertiary/aromatic N) is 3. The first-order valence-corrected chi connectivity index (χ1v) is 8.25. The van der Waals surface area contributed by atoms with Crippen molar-refractivity contribution in [2.75, 3.05) is 46.0 Å². The highest BCUT2D eigenvalue weighted by Crippen LogP contribution is 2.24. The number of carbonyl (C=O) groups is 1. The van der Waals surface area contributed by atoms with Gasteiger partial charge in [0.25, 0.3) is 5.91 Å². The summed E-state index contributed by atoms with van der Waals surface area (Å²) in [5.41, 5.74) is 0.191. The Morgan fingerprint density at radius 3 is 2.91 bits per heavy atom. The lowest BCUT2D eigenvalue weighted by Crippen LogP contribution is -2.60. The molecule has 126 valence electrons. The Balaban J connectivity index is 1.75. The van der Waals surface area contributed by atoms with Crippen molar-refractivity contribution in [3.8, 4) is 0 Å². The number of pyridine rings is 1. The topological polar surface area (TPSA) is 54.9 Å². The van der Waals surface area contributed by atoms with Gasteiger partial charge in [0.2, 0.25) is 0 Å². The van der Waals surface area contributed by atoms with E-state index in [1.807, 2.05) is 11.0 Å². The van der Waals surface area contributed by atoms with Gasteiger partial charge in [-0.25, -0.2) is 0 Å². The van der Waals surface area contributed by atoms with Crippen LogP contribution in [0.2, 0.25) is 0 Å². The monoisotopic (exact) mass is 319 g/mol. The number of amides is 1. The molecule has 0 N–H and O–H groups in total. The van der Waals surface area contributed by atoms with Crippen LogP contribution in [0.25, 0.3) is 0 Å². The fourth-order valence-corrected chi connectivity index (χ4v) is 3.25. The third kappa shape index (κ3) is 3.71. The van der Waals surface area contributed by atoms with Gasteiger partial charge in [0.1, 0.15) is 5.60 Å². The minimum Gasteiger partial charge on any atom is -0.377 e. The molecular weight excluding hydrogens is 294 g/mol. The molecule has 0 radical (unpaired) electrons. The molecule has 0 bridgehead atoms. The van der Waals surface area contributed by atoms with Crippen LogP contribution >= 0.6 is 0 Å². The van der Waals surface area contributed by atoms with E-state index in [9.17, 15) is 4.79 Å². The van der Waals surface area contributed by atoms with Gasteiger partial charge in [-0.2, -0.15) is 0 Å². The molecule has 2 aliphatic heterocycles. The van der Waals surface area contributed by atoms with Crippen LogP contribution in [0.4, 0.5) is 0 Å². The molecule has 6 heteroatoms. The van der Waals surface area contributed by atoms with Crippen LogP contribution in [0.1, 0.15) is 24.2 Å². The van der Waals surface area contributed by atoms with Crippen molar-refractivity contribution in [3.63, 3.8) is 0 Å². The molecule has 1 amide bonds. The van der Waals surface area contributed by atoms with Gasteiger partial charge in [0.05, 0.1) is 31.9 Å². The molecule has 1 aromatic rings. The van der Waals surface area contributed by atoms with E-state index in [0.717, 1.165) is 13.1 Å². The van der Waals surface area contributed by atoms with Crippen molar-refractivity contribution >= 4 is 5.91 Å². The Kier molecular flexibility index (Phi) is 4.94. The van der Waals surface area contributed by atoms with Gasteiger partial charge in [0.15, 0.2) is 0 Å². The summed E-state index contributed by atoms with van der Waals surface area (Å²) in [5, 5.41) is 0. The highest BCUT2D eigenvalue weighted by atomic mass is 16.5. The summed E-state index contributed by atoms with van der Waals surface area (Å²) in [7, 11) is 0. The van der Waals surface area contributed by atoms with Gasteiger partial charge in [-0.1, -0.05) is 0 Å². The first-order valence-electron chi connectivity index (χ1n) is 8.25. The second kappa shape index (κ2) is 6.95. The lowest BCUT2D eigenvalue weighted by atomic mass is 10.0. The van der Waals surface area contributed by atoms with E-state index in [1.165, 1.54) is 0 Å². The number of carbonyl (C=O) groups excluding carboxylic acids is 1. The van der Waals surface area contributed by atoms with Gasteiger partial charge in [-0.3, -0.25) is 14.7 Å². The van der Waals surface area contributed by atoms with Crippen LogP contribution in [-0.4, -0.2) is 78.3 Å². The van der Waals surface area contributed by atoms with E-state index in [4.69, 9.17) is 9.47 Å². The maximum absolute atomic E-state index is 12.7.